The average Bonchev–Trinajstić information content (AvgIpc) is 3.28. The normalized spacial score (nSPS) is 22.4. The van der Waals surface area contributed by atoms with Crippen LogP contribution < -0.4 is 10.1 Å². The van der Waals surface area contributed by atoms with Crippen molar-refractivity contribution in [2.75, 3.05) is 39.2 Å². The first-order valence-electron chi connectivity index (χ1n) is 11.9. The third-order valence-corrected chi connectivity index (χ3v) is 6.87. The number of aromatic nitrogens is 3. The third-order valence-electron chi connectivity index (χ3n) is 6.87. The van der Waals surface area contributed by atoms with Gasteiger partial charge in [0.25, 0.3) is 0 Å². The highest BCUT2D eigenvalue weighted by atomic mass is 19.1. The van der Waals surface area contributed by atoms with Crippen LogP contribution in [0.1, 0.15) is 37.2 Å². The number of halogens is 3. The van der Waals surface area contributed by atoms with Crippen LogP contribution in [0, 0.1) is 5.82 Å². The standard InChI is InChI=1S/C25H29F3N6O/c1-33-10-7-21(20(28)14-33)30-25-31-24(35-2)23-17(6-11-34(23)32-25)16-12-18-15(4-3-8-26)5-9-29-22(18)19(27)13-16/h6,9,11-13,15,20-21H,3-5,7-8,10,14H2,1-2H3,(H,30,32)/t15-,20-,21+/m1/s1. The van der Waals surface area contributed by atoms with Crippen LogP contribution in [0.25, 0.3) is 16.6 Å². The Kier molecular flexibility index (Phi) is 6.64. The summed E-state index contributed by atoms with van der Waals surface area (Å²) in [5, 5.41) is 7.63. The van der Waals surface area contributed by atoms with Crippen molar-refractivity contribution in [3.8, 4) is 17.0 Å². The minimum absolute atomic E-state index is 0.0127. The van der Waals surface area contributed by atoms with Gasteiger partial charge in [-0.3, -0.25) is 9.38 Å². The number of ether oxygens (including phenoxy) is 1. The van der Waals surface area contributed by atoms with Crippen LogP contribution in [0.3, 0.4) is 0 Å². The van der Waals surface area contributed by atoms with Gasteiger partial charge in [-0.05, 0) is 68.0 Å². The molecule has 1 aromatic carbocycles. The third kappa shape index (κ3) is 4.59. The van der Waals surface area contributed by atoms with Gasteiger partial charge in [-0.2, -0.15) is 4.98 Å². The van der Waals surface area contributed by atoms with E-state index in [4.69, 9.17) is 4.74 Å². The molecule has 7 nitrogen and oxygen atoms in total. The molecule has 0 aliphatic carbocycles. The molecule has 1 fully saturated rings. The average molecular weight is 487 g/mol. The van der Waals surface area contributed by atoms with Crippen LogP contribution in [-0.4, -0.2) is 71.8 Å². The highest BCUT2D eigenvalue weighted by Crippen LogP contribution is 2.41. The monoisotopic (exact) mass is 486 g/mol. The summed E-state index contributed by atoms with van der Waals surface area (Å²) in [6, 6.07) is 4.81. The topological polar surface area (TPSA) is 67.0 Å². The van der Waals surface area contributed by atoms with E-state index in [1.807, 2.05) is 24.1 Å². The van der Waals surface area contributed by atoms with Gasteiger partial charge >= 0.3 is 0 Å². The van der Waals surface area contributed by atoms with Gasteiger partial charge in [0.15, 0.2) is 0 Å². The molecule has 1 saturated heterocycles. The number of benzene rings is 1. The Labute approximate surface area is 202 Å². The number of methoxy groups -OCH3 is 1. The van der Waals surface area contributed by atoms with Gasteiger partial charge in [0, 0.05) is 31.1 Å². The van der Waals surface area contributed by atoms with Crippen molar-refractivity contribution < 1.29 is 17.9 Å². The van der Waals surface area contributed by atoms with Gasteiger partial charge in [-0.1, -0.05) is 0 Å². The lowest BCUT2D eigenvalue weighted by molar-refractivity contribution is 0.149. The number of nitrogens with one attached hydrogen (secondary N) is 1. The molecule has 186 valence electrons. The smallest absolute Gasteiger partial charge is 0.244 e. The summed E-state index contributed by atoms with van der Waals surface area (Å²) in [7, 11) is 3.40. The molecule has 0 bridgehead atoms. The molecule has 0 spiro atoms. The molecule has 2 aliphatic heterocycles. The molecule has 0 amide bonds. The van der Waals surface area contributed by atoms with Gasteiger partial charge in [0.2, 0.25) is 11.8 Å². The number of fused-ring (bicyclic) bond motifs is 2. The van der Waals surface area contributed by atoms with Gasteiger partial charge in [-0.25, -0.2) is 13.3 Å². The predicted octanol–water partition coefficient (Wildman–Crippen LogP) is 4.94. The van der Waals surface area contributed by atoms with Gasteiger partial charge in [-0.15, -0.1) is 5.10 Å². The Bertz CT molecular complexity index is 1250. The molecule has 3 aromatic rings. The van der Waals surface area contributed by atoms with Crippen molar-refractivity contribution >= 4 is 23.4 Å². The number of likely N-dealkylation sites (tertiary alicyclic amines) is 1. The number of rotatable bonds is 7. The number of alkyl halides is 2. The quantitative estimate of drug-likeness (QED) is 0.513. The van der Waals surface area contributed by atoms with E-state index in [0.717, 1.165) is 12.1 Å². The number of nitrogens with zero attached hydrogens (tertiary/aromatic N) is 5. The first kappa shape index (κ1) is 23.6. The summed E-state index contributed by atoms with van der Waals surface area (Å²) in [6.07, 6.45) is 4.76. The van der Waals surface area contributed by atoms with E-state index in [0.29, 0.717) is 60.4 Å². The van der Waals surface area contributed by atoms with E-state index in [9.17, 15) is 8.78 Å². The van der Waals surface area contributed by atoms with Crippen molar-refractivity contribution in [3.05, 3.63) is 35.8 Å². The van der Waals surface area contributed by atoms with Gasteiger partial charge in [0.1, 0.15) is 23.2 Å². The molecular weight excluding hydrogens is 457 g/mol. The van der Waals surface area contributed by atoms with E-state index in [1.165, 1.54) is 13.2 Å². The van der Waals surface area contributed by atoms with Gasteiger partial charge in [0.05, 0.1) is 19.8 Å². The maximum Gasteiger partial charge on any atom is 0.244 e. The summed E-state index contributed by atoms with van der Waals surface area (Å²) >= 11 is 0. The van der Waals surface area contributed by atoms with Crippen LogP contribution >= 0.6 is 0 Å². The van der Waals surface area contributed by atoms with Crippen molar-refractivity contribution in [1.82, 2.24) is 19.5 Å². The minimum atomic E-state index is -1.04. The van der Waals surface area contributed by atoms with E-state index < -0.39 is 18.7 Å². The SMILES string of the molecule is COc1nc(N[C@H]2CCN(C)C[C@H]2F)nn2ccc(-c3cc(F)c4c(c3)[C@H](CCCF)CC=N4)c12. The Morgan fingerprint density at radius 1 is 1.29 bits per heavy atom. The van der Waals surface area contributed by atoms with E-state index in [2.05, 4.69) is 20.4 Å². The number of piperidine rings is 1. The fourth-order valence-corrected chi connectivity index (χ4v) is 5.03. The maximum atomic E-state index is 15.1. The second-order valence-electron chi connectivity index (χ2n) is 9.26. The molecule has 0 radical (unpaired) electrons. The Morgan fingerprint density at radius 3 is 2.91 bits per heavy atom. The zero-order valence-corrected chi connectivity index (χ0v) is 19.8. The van der Waals surface area contributed by atoms with Crippen LogP contribution in [0.5, 0.6) is 5.88 Å². The zero-order valence-electron chi connectivity index (χ0n) is 19.8. The highest BCUT2D eigenvalue weighted by molar-refractivity contribution is 5.86. The lowest BCUT2D eigenvalue weighted by atomic mass is 9.86. The molecule has 2 aromatic heterocycles. The molecule has 1 N–H and O–H groups in total. The number of aliphatic imine (C=N–C) groups is 1. The number of hydrogen-bond acceptors (Lipinski definition) is 6. The molecule has 0 saturated carbocycles. The Hall–Kier alpha value is -3.14. The maximum absolute atomic E-state index is 15.1. The second-order valence-corrected chi connectivity index (χ2v) is 9.26. The van der Waals surface area contributed by atoms with Crippen LogP contribution in [-0.2, 0) is 0 Å². The van der Waals surface area contributed by atoms with Gasteiger partial charge < -0.3 is 15.0 Å². The Morgan fingerprint density at radius 2 is 2.14 bits per heavy atom. The molecule has 0 unspecified atom stereocenters. The summed E-state index contributed by atoms with van der Waals surface area (Å²) in [5.41, 5.74) is 3.03. The van der Waals surface area contributed by atoms with Crippen LogP contribution in [0.4, 0.5) is 24.8 Å². The second kappa shape index (κ2) is 9.85. The first-order chi connectivity index (χ1) is 17.0. The van der Waals surface area contributed by atoms with Crippen LogP contribution in [0.2, 0.25) is 0 Å². The van der Waals surface area contributed by atoms with Crippen molar-refractivity contribution in [1.29, 1.82) is 0 Å². The fraction of sp³-hybridized carbons (Fsp3) is 0.480. The molecule has 4 heterocycles. The Balaban J connectivity index is 1.51. The number of hydrogen-bond donors (Lipinski definition) is 1. The summed E-state index contributed by atoms with van der Waals surface area (Å²) in [4.78, 5) is 10.7. The van der Waals surface area contributed by atoms with Crippen molar-refractivity contribution in [2.24, 2.45) is 4.99 Å². The predicted molar refractivity (Wildman–Crippen MR) is 130 cm³/mol. The first-order valence-corrected chi connectivity index (χ1v) is 11.9. The lowest BCUT2D eigenvalue weighted by Crippen LogP contribution is -2.46. The van der Waals surface area contributed by atoms with Crippen LogP contribution in [0.15, 0.2) is 29.4 Å². The van der Waals surface area contributed by atoms with E-state index in [1.54, 1.807) is 16.9 Å². The zero-order chi connectivity index (χ0) is 24.5. The fourth-order valence-electron chi connectivity index (χ4n) is 5.03. The van der Waals surface area contributed by atoms with Crippen molar-refractivity contribution in [3.63, 3.8) is 0 Å². The molecular formula is C25H29F3N6O. The summed E-state index contributed by atoms with van der Waals surface area (Å²) < 4.78 is 49.6. The molecule has 5 rings (SSSR count). The molecule has 3 atom stereocenters. The van der Waals surface area contributed by atoms with E-state index in [-0.39, 0.29) is 17.9 Å². The summed E-state index contributed by atoms with van der Waals surface area (Å²) in [6.45, 7) is 0.733. The lowest BCUT2D eigenvalue weighted by Gasteiger charge is -2.32. The molecule has 10 heteroatoms. The molecule has 2 aliphatic rings. The van der Waals surface area contributed by atoms with E-state index >= 15 is 4.39 Å². The van der Waals surface area contributed by atoms with Crippen molar-refractivity contribution in [2.45, 2.75) is 43.8 Å². The largest absolute Gasteiger partial charge is 0.479 e. The summed E-state index contributed by atoms with van der Waals surface area (Å²) in [5.74, 6) is 0.160. The number of anilines is 1. The molecule has 35 heavy (non-hydrogen) atoms. The minimum Gasteiger partial charge on any atom is -0.479 e. The highest BCUT2D eigenvalue weighted by Gasteiger charge is 2.29.